The van der Waals surface area contributed by atoms with E-state index in [0.717, 1.165) is 33.5 Å². The second kappa shape index (κ2) is 8.91. The number of urea groups is 1. The Bertz CT molecular complexity index is 1300. The van der Waals surface area contributed by atoms with Crippen molar-refractivity contribution in [1.82, 2.24) is 4.98 Å². The van der Waals surface area contributed by atoms with Gasteiger partial charge in [-0.3, -0.25) is 4.98 Å². The summed E-state index contributed by atoms with van der Waals surface area (Å²) in [4.78, 5) is 18.0. The molecule has 0 aliphatic heterocycles. The van der Waals surface area contributed by atoms with Crippen molar-refractivity contribution in [3.63, 3.8) is 0 Å². The highest BCUT2D eigenvalue weighted by Gasteiger charge is 2.17. The summed E-state index contributed by atoms with van der Waals surface area (Å²) in [6, 6.07) is 15.4. The van der Waals surface area contributed by atoms with Crippen LogP contribution in [-0.4, -0.2) is 17.3 Å². The maximum atomic E-state index is 13.9. The topological polar surface area (TPSA) is 54.0 Å². The molecule has 0 aliphatic carbocycles. The minimum absolute atomic E-state index is 0.137. The SMILES string of the molecule is CSc1ccccc1-c1c(NC(=O)Nc2ccc(F)cc2F)cnc2ccc(Cl)cc12. The van der Waals surface area contributed by atoms with Gasteiger partial charge in [-0.15, -0.1) is 11.8 Å². The van der Waals surface area contributed by atoms with E-state index in [1.54, 1.807) is 36.2 Å². The van der Waals surface area contributed by atoms with E-state index in [1.165, 1.54) is 0 Å². The number of nitrogens with zero attached hydrogens (tertiary/aromatic N) is 1. The molecular weight excluding hydrogens is 440 g/mol. The lowest BCUT2D eigenvalue weighted by atomic mass is 9.99. The molecule has 4 nitrogen and oxygen atoms in total. The maximum absolute atomic E-state index is 13.9. The summed E-state index contributed by atoms with van der Waals surface area (Å²) >= 11 is 7.81. The Kier molecular flexibility index (Phi) is 6.06. The minimum atomic E-state index is -0.869. The van der Waals surface area contributed by atoms with Gasteiger partial charge in [0.25, 0.3) is 0 Å². The zero-order chi connectivity index (χ0) is 22.0. The third-order valence-corrected chi connectivity index (χ3v) is 5.66. The lowest BCUT2D eigenvalue weighted by Gasteiger charge is -2.17. The van der Waals surface area contributed by atoms with Crippen molar-refractivity contribution in [3.8, 4) is 11.1 Å². The summed E-state index contributed by atoms with van der Waals surface area (Å²) in [6.45, 7) is 0. The van der Waals surface area contributed by atoms with Crippen molar-refractivity contribution in [2.75, 3.05) is 16.9 Å². The van der Waals surface area contributed by atoms with Gasteiger partial charge in [-0.1, -0.05) is 29.8 Å². The highest BCUT2D eigenvalue weighted by molar-refractivity contribution is 7.98. The van der Waals surface area contributed by atoms with E-state index in [1.807, 2.05) is 30.5 Å². The second-order valence-electron chi connectivity index (χ2n) is 6.61. The highest BCUT2D eigenvalue weighted by atomic mass is 35.5. The van der Waals surface area contributed by atoms with Crippen molar-refractivity contribution in [3.05, 3.63) is 83.5 Å². The highest BCUT2D eigenvalue weighted by Crippen LogP contribution is 2.40. The summed E-state index contributed by atoms with van der Waals surface area (Å²) in [6.07, 6.45) is 3.51. The van der Waals surface area contributed by atoms with E-state index in [4.69, 9.17) is 11.6 Å². The third-order valence-electron chi connectivity index (χ3n) is 4.63. The average Bonchev–Trinajstić information content (AvgIpc) is 2.75. The molecule has 2 amide bonds. The molecule has 0 saturated carbocycles. The van der Waals surface area contributed by atoms with Crippen LogP contribution in [0.4, 0.5) is 25.0 Å². The monoisotopic (exact) mass is 455 g/mol. The molecule has 156 valence electrons. The van der Waals surface area contributed by atoms with E-state index >= 15 is 0 Å². The van der Waals surface area contributed by atoms with Gasteiger partial charge in [0.05, 0.1) is 23.1 Å². The van der Waals surface area contributed by atoms with Crippen LogP contribution in [0.1, 0.15) is 0 Å². The van der Waals surface area contributed by atoms with E-state index in [9.17, 15) is 13.6 Å². The van der Waals surface area contributed by atoms with Gasteiger partial charge in [-0.25, -0.2) is 13.6 Å². The van der Waals surface area contributed by atoms with Crippen LogP contribution in [0, 0.1) is 11.6 Å². The Morgan fingerprint density at radius 2 is 1.77 bits per heavy atom. The van der Waals surface area contributed by atoms with Crippen LogP contribution in [0.15, 0.2) is 71.8 Å². The number of fused-ring (bicyclic) bond motifs is 1. The Balaban J connectivity index is 1.79. The number of carbonyl (C=O) groups excluding carboxylic acids is 1. The molecule has 1 aromatic heterocycles. The van der Waals surface area contributed by atoms with Crippen molar-refractivity contribution in [2.45, 2.75) is 4.90 Å². The van der Waals surface area contributed by atoms with Crippen molar-refractivity contribution in [1.29, 1.82) is 0 Å². The molecule has 0 unspecified atom stereocenters. The summed E-state index contributed by atoms with van der Waals surface area (Å²) in [5.74, 6) is -1.60. The number of rotatable bonds is 4. The number of nitrogens with one attached hydrogen (secondary N) is 2. The van der Waals surface area contributed by atoms with Crippen LogP contribution in [0.3, 0.4) is 0 Å². The lowest BCUT2D eigenvalue weighted by Crippen LogP contribution is -2.21. The number of aromatic nitrogens is 1. The number of carbonyl (C=O) groups is 1. The van der Waals surface area contributed by atoms with Gasteiger partial charge in [-0.2, -0.15) is 0 Å². The Morgan fingerprint density at radius 3 is 2.55 bits per heavy atom. The first-order valence-electron chi connectivity index (χ1n) is 9.21. The Morgan fingerprint density at radius 1 is 1.00 bits per heavy atom. The largest absolute Gasteiger partial charge is 0.323 e. The van der Waals surface area contributed by atoms with Crippen LogP contribution < -0.4 is 10.6 Å². The molecule has 0 fully saturated rings. The number of amides is 2. The van der Waals surface area contributed by atoms with E-state index < -0.39 is 17.7 Å². The normalized spacial score (nSPS) is 10.8. The molecule has 0 bridgehead atoms. The van der Waals surface area contributed by atoms with Crippen molar-refractivity contribution in [2.24, 2.45) is 0 Å². The fourth-order valence-electron chi connectivity index (χ4n) is 3.27. The van der Waals surface area contributed by atoms with Crippen LogP contribution in [0.2, 0.25) is 5.02 Å². The molecule has 3 aromatic carbocycles. The molecule has 0 spiro atoms. The van der Waals surface area contributed by atoms with Gasteiger partial charge in [0.2, 0.25) is 0 Å². The molecule has 31 heavy (non-hydrogen) atoms. The minimum Gasteiger partial charge on any atom is -0.306 e. The Hall–Kier alpha value is -3.16. The number of hydrogen-bond donors (Lipinski definition) is 2. The van der Waals surface area contributed by atoms with E-state index in [2.05, 4.69) is 15.6 Å². The zero-order valence-corrected chi connectivity index (χ0v) is 17.8. The number of hydrogen-bond acceptors (Lipinski definition) is 3. The van der Waals surface area contributed by atoms with E-state index in [-0.39, 0.29) is 5.69 Å². The quantitative estimate of drug-likeness (QED) is 0.320. The first kappa shape index (κ1) is 21.1. The van der Waals surface area contributed by atoms with Gasteiger partial charge in [0, 0.05) is 26.9 Å². The van der Waals surface area contributed by atoms with Gasteiger partial charge < -0.3 is 10.6 Å². The van der Waals surface area contributed by atoms with Crippen LogP contribution >= 0.6 is 23.4 Å². The first-order valence-corrected chi connectivity index (χ1v) is 10.8. The smallest absolute Gasteiger partial charge is 0.306 e. The Labute approximate surface area is 186 Å². The van der Waals surface area contributed by atoms with Crippen molar-refractivity contribution < 1.29 is 13.6 Å². The number of pyridine rings is 1. The third kappa shape index (κ3) is 4.47. The molecule has 0 atom stereocenters. The average molecular weight is 456 g/mol. The molecule has 1 heterocycles. The standard InChI is InChI=1S/C23H16ClF2N3OS/c1-31-21-5-3-2-4-15(21)22-16-10-13(24)6-8-18(16)27-12-20(22)29-23(30)28-19-9-7-14(25)11-17(19)26/h2-12H,1H3,(H2,28,29,30). The van der Waals surface area contributed by atoms with Crippen LogP contribution in [-0.2, 0) is 0 Å². The number of halogens is 3. The van der Waals surface area contributed by atoms with Crippen molar-refractivity contribution >= 4 is 51.7 Å². The molecule has 2 N–H and O–H groups in total. The molecule has 0 saturated heterocycles. The molecular formula is C23H16ClF2N3OS. The zero-order valence-electron chi connectivity index (χ0n) is 16.2. The maximum Gasteiger partial charge on any atom is 0.323 e. The summed E-state index contributed by atoms with van der Waals surface area (Å²) in [7, 11) is 0. The molecule has 4 rings (SSSR count). The van der Waals surface area contributed by atoms with Crippen LogP contribution in [0.5, 0.6) is 0 Å². The second-order valence-corrected chi connectivity index (χ2v) is 7.90. The predicted molar refractivity (Wildman–Crippen MR) is 123 cm³/mol. The summed E-state index contributed by atoms with van der Waals surface area (Å²) < 4.78 is 27.1. The number of thioether (sulfide) groups is 1. The summed E-state index contributed by atoms with van der Waals surface area (Å²) in [5.41, 5.74) is 2.64. The van der Waals surface area contributed by atoms with Gasteiger partial charge in [0.15, 0.2) is 0 Å². The molecule has 8 heteroatoms. The molecule has 0 aliphatic rings. The summed E-state index contributed by atoms with van der Waals surface area (Å²) in [5, 5.41) is 6.44. The van der Waals surface area contributed by atoms with Gasteiger partial charge in [0.1, 0.15) is 11.6 Å². The number of anilines is 2. The number of benzene rings is 3. The lowest BCUT2D eigenvalue weighted by molar-refractivity contribution is 0.262. The van der Waals surface area contributed by atoms with E-state index in [0.29, 0.717) is 22.3 Å². The first-order chi connectivity index (χ1) is 15.0. The molecule has 0 radical (unpaired) electrons. The fourth-order valence-corrected chi connectivity index (χ4v) is 4.04. The predicted octanol–water partition coefficient (Wildman–Crippen LogP) is 7.20. The van der Waals surface area contributed by atoms with Gasteiger partial charge >= 0.3 is 6.03 Å². The fraction of sp³-hybridized carbons (Fsp3) is 0.0435. The molecule has 4 aromatic rings. The van der Waals surface area contributed by atoms with Gasteiger partial charge in [-0.05, 0) is 48.2 Å². The van der Waals surface area contributed by atoms with Crippen LogP contribution in [0.25, 0.3) is 22.0 Å².